The van der Waals surface area contributed by atoms with E-state index in [1.54, 1.807) is 0 Å². The molecule has 0 saturated carbocycles. The summed E-state index contributed by atoms with van der Waals surface area (Å²) < 4.78 is 1.03. The quantitative estimate of drug-likeness (QED) is 0.933. The second kappa shape index (κ2) is 5.48. The minimum absolute atomic E-state index is 0.828. The molecule has 0 spiro atoms. The Bertz CT molecular complexity index is 567. The lowest BCUT2D eigenvalue weighted by Gasteiger charge is -2.12. The Morgan fingerprint density at radius 3 is 2.44 bits per heavy atom. The van der Waals surface area contributed by atoms with Gasteiger partial charge in [-0.05, 0) is 26.8 Å². The molecule has 0 saturated heterocycles. The lowest BCUT2D eigenvalue weighted by molar-refractivity contribution is 1.03. The van der Waals surface area contributed by atoms with E-state index in [-0.39, 0.29) is 0 Å². The maximum absolute atomic E-state index is 4.67. The number of hydrogen-bond donors (Lipinski definition) is 1. The van der Waals surface area contributed by atoms with Crippen LogP contribution >= 0.6 is 15.9 Å². The van der Waals surface area contributed by atoms with Crippen LogP contribution < -0.4 is 5.32 Å². The Morgan fingerprint density at radius 2 is 1.78 bits per heavy atom. The zero-order chi connectivity index (χ0) is 13.1. The van der Waals surface area contributed by atoms with E-state index in [4.69, 9.17) is 0 Å². The molecule has 18 heavy (non-hydrogen) atoms. The Kier molecular flexibility index (Phi) is 3.97. The van der Waals surface area contributed by atoms with Crippen molar-refractivity contribution in [2.24, 2.45) is 0 Å². The van der Waals surface area contributed by atoms with Gasteiger partial charge in [-0.2, -0.15) is 0 Å². The largest absolute Gasteiger partial charge is 0.369 e. The van der Waals surface area contributed by atoms with E-state index in [9.17, 15) is 0 Å². The highest BCUT2D eigenvalue weighted by molar-refractivity contribution is 9.10. The van der Waals surface area contributed by atoms with Crippen molar-refractivity contribution >= 4 is 21.7 Å². The lowest BCUT2D eigenvalue weighted by Crippen LogP contribution is -2.06. The van der Waals surface area contributed by atoms with Gasteiger partial charge < -0.3 is 5.32 Å². The third-order valence-corrected chi connectivity index (χ3v) is 3.47. The maximum atomic E-state index is 4.67. The molecule has 1 aromatic heterocycles. The summed E-state index contributed by atoms with van der Waals surface area (Å²) in [5, 5.41) is 3.28. The third kappa shape index (κ3) is 2.53. The van der Waals surface area contributed by atoms with Gasteiger partial charge in [-0.25, -0.2) is 9.97 Å². The second-order valence-corrected chi connectivity index (χ2v) is 4.96. The summed E-state index contributed by atoms with van der Waals surface area (Å²) in [5.74, 6) is 0.840. The molecule has 2 rings (SSSR count). The molecule has 0 fully saturated rings. The molecule has 0 aliphatic heterocycles. The maximum Gasteiger partial charge on any atom is 0.152 e. The van der Waals surface area contributed by atoms with Crippen LogP contribution in [0.2, 0.25) is 0 Å². The first-order valence-corrected chi connectivity index (χ1v) is 6.76. The van der Waals surface area contributed by atoms with Gasteiger partial charge in [0, 0.05) is 16.6 Å². The van der Waals surface area contributed by atoms with Gasteiger partial charge in [-0.1, -0.05) is 34.1 Å². The van der Waals surface area contributed by atoms with Gasteiger partial charge in [0.05, 0.1) is 11.4 Å². The molecule has 4 heteroatoms. The fourth-order valence-corrected chi connectivity index (χ4v) is 2.21. The van der Waals surface area contributed by atoms with E-state index >= 15 is 0 Å². The van der Waals surface area contributed by atoms with Gasteiger partial charge in [-0.3, -0.25) is 0 Å². The van der Waals surface area contributed by atoms with Crippen molar-refractivity contribution in [2.75, 3.05) is 11.9 Å². The van der Waals surface area contributed by atoms with Crippen LogP contribution in [0.3, 0.4) is 0 Å². The minimum atomic E-state index is 0.828. The van der Waals surface area contributed by atoms with Crippen molar-refractivity contribution < 1.29 is 0 Å². The highest BCUT2D eigenvalue weighted by Gasteiger charge is 2.12. The predicted octanol–water partition coefficient (Wildman–Crippen LogP) is 3.95. The van der Waals surface area contributed by atoms with Crippen molar-refractivity contribution in [3.63, 3.8) is 0 Å². The summed E-state index contributed by atoms with van der Waals surface area (Å²) in [7, 11) is 0. The molecule has 2 aromatic rings. The van der Waals surface area contributed by atoms with E-state index in [0.29, 0.717) is 0 Å². The van der Waals surface area contributed by atoms with Gasteiger partial charge in [0.2, 0.25) is 0 Å². The number of halogens is 1. The zero-order valence-electron chi connectivity index (χ0n) is 10.8. The average molecular weight is 306 g/mol. The Morgan fingerprint density at radius 1 is 1.11 bits per heavy atom. The number of aryl methyl sites for hydroxylation is 2. The Labute approximate surface area is 116 Å². The topological polar surface area (TPSA) is 37.8 Å². The molecule has 0 atom stereocenters. The normalized spacial score (nSPS) is 10.4. The molecule has 0 bridgehead atoms. The van der Waals surface area contributed by atoms with Crippen molar-refractivity contribution in [2.45, 2.75) is 20.8 Å². The number of hydrogen-bond acceptors (Lipinski definition) is 3. The van der Waals surface area contributed by atoms with E-state index in [2.05, 4.69) is 38.1 Å². The summed E-state index contributed by atoms with van der Waals surface area (Å²) in [6, 6.07) is 8.06. The van der Waals surface area contributed by atoms with Crippen molar-refractivity contribution in [3.05, 3.63) is 40.1 Å². The molecular weight excluding hydrogens is 290 g/mol. The summed E-state index contributed by atoms with van der Waals surface area (Å²) in [5.41, 5.74) is 3.88. The molecule has 0 unspecified atom stereocenters. The van der Waals surface area contributed by atoms with Crippen LogP contribution in [0.25, 0.3) is 11.3 Å². The van der Waals surface area contributed by atoms with E-state index in [1.165, 1.54) is 0 Å². The molecule has 0 aliphatic carbocycles. The van der Waals surface area contributed by atoms with Gasteiger partial charge in [0.1, 0.15) is 5.69 Å². The zero-order valence-corrected chi connectivity index (χ0v) is 12.4. The fourth-order valence-electron chi connectivity index (χ4n) is 1.73. The predicted molar refractivity (Wildman–Crippen MR) is 78.8 cm³/mol. The van der Waals surface area contributed by atoms with Gasteiger partial charge in [-0.15, -0.1) is 0 Å². The fraction of sp³-hybridized carbons (Fsp3) is 0.286. The van der Waals surface area contributed by atoms with E-state index < -0.39 is 0 Å². The molecule has 3 nitrogen and oxygen atoms in total. The number of rotatable bonds is 3. The lowest BCUT2D eigenvalue weighted by atomic mass is 10.1. The molecule has 0 radical (unpaired) electrons. The Hall–Kier alpha value is -1.42. The minimum Gasteiger partial charge on any atom is -0.369 e. The molecule has 1 aromatic carbocycles. The van der Waals surface area contributed by atoms with Crippen molar-refractivity contribution in [1.82, 2.24) is 9.97 Å². The van der Waals surface area contributed by atoms with Crippen molar-refractivity contribution in [3.8, 4) is 11.3 Å². The Balaban J connectivity index is 2.62. The number of anilines is 1. The second-order valence-electron chi connectivity index (χ2n) is 4.10. The van der Waals surface area contributed by atoms with Crippen LogP contribution in [0.15, 0.2) is 28.7 Å². The number of aromatic nitrogens is 2. The summed E-state index contributed by atoms with van der Waals surface area (Å²) in [6.45, 7) is 6.85. The van der Waals surface area contributed by atoms with Crippen LogP contribution in [0.4, 0.5) is 5.82 Å². The monoisotopic (exact) mass is 305 g/mol. The van der Waals surface area contributed by atoms with Crippen LogP contribution in [0.5, 0.6) is 0 Å². The molecule has 0 aliphatic rings. The summed E-state index contributed by atoms with van der Waals surface area (Å²) in [4.78, 5) is 9.25. The number of nitrogens with one attached hydrogen (secondary N) is 1. The first-order chi connectivity index (χ1) is 8.63. The SMILES string of the molecule is CCNc1nc(C)c(C)nc1-c1ccccc1Br. The molecule has 1 N–H and O–H groups in total. The summed E-state index contributed by atoms with van der Waals surface area (Å²) >= 11 is 3.57. The van der Waals surface area contributed by atoms with E-state index in [0.717, 1.165) is 39.5 Å². The molecule has 0 amide bonds. The average Bonchev–Trinajstić information content (AvgIpc) is 2.35. The standard InChI is InChI=1S/C14H16BrN3/c1-4-16-14-13(17-9(2)10(3)18-14)11-7-5-6-8-12(11)15/h5-8H,4H2,1-3H3,(H,16,18). The van der Waals surface area contributed by atoms with E-state index in [1.807, 2.05) is 38.1 Å². The molecular formula is C14H16BrN3. The third-order valence-electron chi connectivity index (χ3n) is 2.78. The van der Waals surface area contributed by atoms with Crippen LogP contribution in [-0.2, 0) is 0 Å². The van der Waals surface area contributed by atoms with Crippen molar-refractivity contribution in [1.29, 1.82) is 0 Å². The molecule has 94 valence electrons. The first kappa shape index (κ1) is 13.0. The smallest absolute Gasteiger partial charge is 0.152 e. The van der Waals surface area contributed by atoms with Gasteiger partial charge in [0.25, 0.3) is 0 Å². The highest BCUT2D eigenvalue weighted by Crippen LogP contribution is 2.31. The first-order valence-electron chi connectivity index (χ1n) is 5.97. The van der Waals surface area contributed by atoms with Crippen LogP contribution in [-0.4, -0.2) is 16.5 Å². The summed E-state index contributed by atoms with van der Waals surface area (Å²) in [6.07, 6.45) is 0. The van der Waals surface area contributed by atoms with Gasteiger partial charge in [0.15, 0.2) is 5.82 Å². The molecule has 1 heterocycles. The van der Waals surface area contributed by atoms with Crippen LogP contribution in [0, 0.1) is 13.8 Å². The van der Waals surface area contributed by atoms with Gasteiger partial charge >= 0.3 is 0 Å². The highest BCUT2D eigenvalue weighted by atomic mass is 79.9. The van der Waals surface area contributed by atoms with Crippen LogP contribution in [0.1, 0.15) is 18.3 Å². The number of nitrogens with zero attached hydrogens (tertiary/aromatic N) is 2. The number of benzene rings is 1.